The minimum Gasteiger partial charge on any atom is -0.481 e. The van der Waals surface area contributed by atoms with Crippen LogP contribution in [0.5, 0.6) is 5.88 Å². The van der Waals surface area contributed by atoms with E-state index in [9.17, 15) is 0 Å². The normalized spacial score (nSPS) is 19.3. The van der Waals surface area contributed by atoms with E-state index in [2.05, 4.69) is 54.5 Å². The number of aromatic nitrogens is 1. The van der Waals surface area contributed by atoms with Crippen LogP contribution in [0.3, 0.4) is 0 Å². The second-order valence-corrected chi connectivity index (χ2v) is 6.39. The molecule has 0 amide bonds. The molecule has 1 unspecified atom stereocenters. The van der Waals surface area contributed by atoms with E-state index in [1.54, 1.807) is 7.11 Å². The second kappa shape index (κ2) is 5.49. The van der Waals surface area contributed by atoms with E-state index in [0.717, 1.165) is 13.0 Å². The molecule has 0 spiro atoms. The zero-order valence-electron chi connectivity index (χ0n) is 12.9. The van der Waals surface area contributed by atoms with Crippen molar-refractivity contribution in [2.24, 2.45) is 5.41 Å². The summed E-state index contributed by atoms with van der Waals surface area (Å²) in [5.74, 6) is 0.658. The summed E-state index contributed by atoms with van der Waals surface area (Å²) in [4.78, 5) is 4.26. The Morgan fingerprint density at radius 2 is 2.05 bits per heavy atom. The Bertz CT molecular complexity index is 619. The monoisotopic (exact) mass is 282 g/mol. The first-order valence-electron chi connectivity index (χ1n) is 7.40. The molecule has 0 saturated carbocycles. The molecule has 1 atom stereocenters. The lowest BCUT2D eigenvalue weighted by atomic mass is 9.85. The topological polar surface area (TPSA) is 34.1 Å². The fourth-order valence-corrected chi connectivity index (χ4v) is 3.23. The van der Waals surface area contributed by atoms with Gasteiger partial charge in [0, 0.05) is 24.8 Å². The first-order chi connectivity index (χ1) is 10.1. The molecular formula is C18H22N2O. The molecule has 1 heterocycles. The van der Waals surface area contributed by atoms with Crippen LogP contribution in [-0.4, -0.2) is 12.1 Å². The third kappa shape index (κ3) is 2.79. The van der Waals surface area contributed by atoms with Crippen LogP contribution in [0.2, 0.25) is 0 Å². The van der Waals surface area contributed by atoms with Gasteiger partial charge < -0.3 is 10.1 Å². The van der Waals surface area contributed by atoms with Crippen molar-refractivity contribution in [2.45, 2.75) is 32.9 Å². The van der Waals surface area contributed by atoms with Crippen LogP contribution in [0.1, 0.15) is 36.6 Å². The van der Waals surface area contributed by atoms with Crippen molar-refractivity contribution in [1.29, 1.82) is 0 Å². The minimum atomic E-state index is 0.240. The quantitative estimate of drug-likeness (QED) is 0.932. The number of hydrogen-bond donors (Lipinski definition) is 1. The average Bonchev–Trinajstić information content (AvgIpc) is 2.75. The number of pyridine rings is 1. The summed E-state index contributed by atoms with van der Waals surface area (Å²) >= 11 is 0. The summed E-state index contributed by atoms with van der Waals surface area (Å²) in [6.45, 7) is 5.48. The van der Waals surface area contributed by atoms with Crippen LogP contribution in [0.4, 0.5) is 0 Å². The van der Waals surface area contributed by atoms with E-state index in [1.165, 1.54) is 16.7 Å². The van der Waals surface area contributed by atoms with Crippen molar-refractivity contribution in [3.63, 3.8) is 0 Å². The zero-order valence-corrected chi connectivity index (χ0v) is 12.9. The standard InChI is InChI=1S/C18H22N2O/c1-18(2)10-14-6-4-5-7-15(14)17(18)20-12-13-8-9-16(21-3)19-11-13/h4-9,11,17,20H,10,12H2,1-3H3. The molecule has 110 valence electrons. The summed E-state index contributed by atoms with van der Waals surface area (Å²) in [7, 11) is 1.64. The summed E-state index contributed by atoms with van der Waals surface area (Å²) in [5.41, 5.74) is 4.32. The number of fused-ring (bicyclic) bond motifs is 1. The molecule has 2 aromatic rings. The van der Waals surface area contributed by atoms with Crippen LogP contribution in [-0.2, 0) is 13.0 Å². The van der Waals surface area contributed by atoms with Crippen molar-refractivity contribution < 1.29 is 4.74 Å². The molecule has 1 N–H and O–H groups in total. The third-order valence-electron chi connectivity index (χ3n) is 4.31. The molecule has 1 aliphatic carbocycles. The number of hydrogen-bond acceptors (Lipinski definition) is 3. The van der Waals surface area contributed by atoms with Crippen LogP contribution >= 0.6 is 0 Å². The molecule has 0 saturated heterocycles. The Kier molecular flexibility index (Phi) is 3.68. The van der Waals surface area contributed by atoms with Gasteiger partial charge in [-0.25, -0.2) is 4.98 Å². The summed E-state index contributed by atoms with van der Waals surface area (Å²) in [6.07, 6.45) is 3.00. The van der Waals surface area contributed by atoms with Crippen molar-refractivity contribution in [1.82, 2.24) is 10.3 Å². The highest BCUT2D eigenvalue weighted by atomic mass is 16.5. The molecule has 3 nitrogen and oxygen atoms in total. The summed E-state index contributed by atoms with van der Waals surface area (Å²) < 4.78 is 5.10. The predicted molar refractivity (Wildman–Crippen MR) is 84.3 cm³/mol. The smallest absolute Gasteiger partial charge is 0.212 e. The number of rotatable bonds is 4. The molecule has 0 fully saturated rings. The molecule has 3 heteroatoms. The Morgan fingerprint density at radius 1 is 1.24 bits per heavy atom. The third-order valence-corrected chi connectivity index (χ3v) is 4.31. The van der Waals surface area contributed by atoms with Gasteiger partial charge in [-0.2, -0.15) is 0 Å². The maximum atomic E-state index is 5.10. The Morgan fingerprint density at radius 3 is 2.76 bits per heavy atom. The molecule has 21 heavy (non-hydrogen) atoms. The fraction of sp³-hybridized carbons (Fsp3) is 0.389. The van der Waals surface area contributed by atoms with Crippen LogP contribution in [0.15, 0.2) is 42.6 Å². The fourth-order valence-electron chi connectivity index (χ4n) is 3.23. The molecule has 3 rings (SSSR count). The molecule has 0 radical (unpaired) electrons. The van der Waals surface area contributed by atoms with Crippen LogP contribution in [0, 0.1) is 5.41 Å². The van der Waals surface area contributed by atoms with Gasteiger partial charge in [-0.1, -0.05) is 44.2 Å². The Labute approximate surface area is 126 Å². The summed E-state index contributed by atoms with van der Waals surface area (Å²) in [5, 5.41) is 3.70. The van der Waals surface area contributed by atoms with Gasteiger partial charge in [-0.15, -0.1) is 0 Å². The van der Waals surface area contributed by atoms with Gasteiger partial charge in [-0.3, -0.25) is 0 Å². The molecule has 0 aliphatic heterocycles. The number of nitrogens with zero attached hydrogens (tertiary/aromatic N) is 1. The molecule has 1 aliphatic rings. The Hall–Kier alpha value is -1.87. The lowest BCUT2D eigenvalue weighted by Crippen LogP contribution is -2.30. The first-order valence-corrected chi connectivity index (χ1v) is 7.40. The van der Waals surface area contributed by atoms with Crippen molar-refractivity contribution in [3.8, 4) is 5.88 Å². The highest BCUT2D eigenvalue weighted by Crippen LogP contribution is 2.45. The van der Waals surface area contributed by atoms with Crippen molar-refractivity contribution >= 4 is 0 Å². The van der Waals surface area contributed by atoms with Gasteiger partial charge in [0.25, 0.3) is 0 Å². The molecule has 1 aromatic heterocycles. The van der Waals surface area contributed by atoms with E-state index in [4.69, 9.17) is 4.74 Å². The SMILES string of the molecule is COc1ccc(CNC2c3ccccc3CC2(C)C)cn1. The van der Waals surface area contributed by atoms with E-state index < -0.39 is 0 Å². The van der Waals surface area contributed by atoms with Gasteiger partial charge in [-0.05, 0) is 28.5 Å². The average molecular weight is 282 g/mol. The zero-order chi connectivity index (χ0) is 14.9. The van der Waals surface area contributed by atoms with Crippen LogP contribution < -0.4 is 10.1 Å². The second-order valence-electron chi connectivity index (χ2n) is 6.39. The maximum absolute atomic E-state index is 5.10. The lowest BCUT2D eigenvalue weighted by molar-refractivity contribution is 0.268. The van der Waals surface area contributed by atoms with Gasteiger partial charge in [0.2, 0.25) is 5.88 Å². The van der Waals surface area contributed by atoms with Gasteiger partial charge in [0.1, 0.15) is 0 Å². The van der Waals surface area contributed by atoms with Gasteiger partial charge >= 0.3 is 0 Å². The van der Waals surface area contributed by atoms with E-state index in [0.29, 0.717) is 11.9 Å². The minimum absolute atomic E-state index is 0.240. The largest absolute Gasteiger partial charge is 0.481 e. The predicted octanol–water partition coefficient (Wildman–Crippen LogP) is 3.50. The number of benzene rings is 1. The number of methoxy groups -OCH3 is 1. The lowest BCUT2D eigenvalue weighted by Gasteiger charge is -2.28. The van der Waals surface area contributed by atoms with E-state index >= 15 is 0 Å². The molecular weight excluding hydrogens is 260 g/mol. The van der Waals surface area contributed by atoms with E-state index in [1.807, 2.05) is 12.3 Å². The van der Waals surface area contributed by atoms with E-state index in [-0.39, 0.29) is 5.41 Å². The van der Waals surface area contributed by atoms with Crippen molar-refractivity contribution in [2.75, 3.05) is 7.11 Å². The molecule has 1 aromatic carbocycles. The summed E-state index contributed by atoms with van der Waals surface area (Å²) in [6, 6.07) is 13.1. The molecule has 0 bridgehead atoms. The maximum Gasteiger partial charge on any atom is 0.212 e. The van der Waals surface area contributed by atoms with Gasteiger partial charge in [0.05, 0.1) is 7.11 Å². The van der Waals surface area contributed by atoms with Crippen LogP contribution in [0.25, 0.3) is 0 Å². The number of ether oxygens (including phenoxy) is 1. The van der Waals surface area contributed by atoms with Gasteiger partial charge in [0.15, 0.2) is 0 Å². The number of nitrogens with one attached hydrogen (secondary N) is 1. The Balaban J connectivity index is 1.74. The highest BCUT2D eigenvalue weighted by molar-refractivity contribution is 5.37. The van der Waals surface area contributed by atoms with Crippen molar-refractivity contribution in [3.05, 3.63) is 59.3 Å². The first kappa shape index (κ1) is 14.1. The highest BCUT2D eigenvalue weighted by Gasteiger charge is 2.38.